The monoisotopic (exact) mass is 274 g/mol. The molecular formula is C13H22O6. The van der Waals surface area contributed by atoms with Gasteiger partial charge in [0.25, 0.3) is 0 Å². The van der Waals surface area contributed by atoms with Crippen molar-refractivity contribution in [3.63, 3.8) is 0 Å². The van der Waals surface area contributed by atoms with E-state index in [2.05, 4.69) is 0 Å². The largest absolute Gasteiger partial charge is 0.481 e. The quantitative estimate of drug-likeness (QED) is 0.458. The Morgan fingerprint density at radius 1 is 1.16 bits per heavy atom. The van der Waals surface area contributed by atoms with Crippen molar-refractivity contribution in [2.45, 2.75) is 46.0 Å². The van der Waals surface area contributed by atoms with Crippen molar-refractivity contribution in [3.05, 3.63) is 0 Å². The van der Waals surface area contributed by atoms with Crippen LogP contribution >= 0.6 is 0 Å². The molecule has 1 unspecified atom stereocenters. The molecule has 0 aliphatic carbocycles. The third-order valence-electron chi connectivity index (χ3n) is 3.07. The molecule has 0 aromatic carbocycles. The van der Waals surface area contributed by atoms with Crippen LogP contribution in [0.25, 0.3) is 0 Å². The Morgan fingerprint density at radius 3 is 2.21 bits per heavy atom. The van der Waals surface area contributed by atoms with E-state index in [0.29, 0.717) is 6.42 Å². The minimum absolute atomic E-state index is 0.110. The summed E-state index contributed by atoms with van der Waals surface area (Å²) in [5, 5.41) is 17.8. The molecule has 6 heteroatoms. The lowest BCUT2D eigenvalue weighted by molar-refractivity contribution is -0.163. The van der Waals surface area contributed by atoms with Crippen LogP contribution in [-0.2, 0) is 19.1 Å². The lowest BCUT2D eigenvalue weighted by atomic mass is 9.75. The van der Waals surface area contributed by atoms with Gasteiger partial charge < -0.3 is 14.9 Å². The smallest absolute Gasteiger partial charge is 0.319 e. The first-order chi connectivity index (χ1) is 8.94. The second-order valence-electron chi connectivity index (χ2n) is 4.38. The summed E-state index contributed by atoms with van der Waals surface area (Å²) in [6.45, 7) is 2.83. The Labute approximate surface area is 112 Å². The van der Waals surface area contributed by atoms with Crippen LogP contribution in [0, 0.1) is 5.41 Å². The van der Waals surface area contributed by atoms with Gasteiger partial charge in [-0.25, -0.2) is 0 Å². The molecule has 0 bridgehead atoms. The Hall–Kier alpha value is -1.43. The average molecular weight is 274 g/mol. The summed E-state index contributed by atoms with van der Waals surface area (Å²) in [6, 6.07) is 0. The SMILES string of the molecule is CCCCC(CCC(=O)O)(C(=O)CO)C(=O)OCC. The zero-order valence-electron chi connectivity index (χ0n) is 11.5. The summed E-state index contributed by atoms with van der Waals surface area (Å²) in [4.78, 5) is 34.6. The van der Waals surface area contributed by atoms with Crippen molar-refractivity contribution < 1.29 is 29.3 Å². The summed E-state index contributed by atoms with van der Waals surface area (Å²) in [5.74, 6) is -2.49. The maximum Gasteiger partial charge on any atom is 0.319 e. The lowest BCUT2D eigenvalue weighted by Gasteiger charge is -2.28. The highest BCUT2D eigenvalue weighted by Gasteiger charge is 2.45. The number of aliphatic carboxylic acids is 1. The molecule has 0 aliphatic rings. The van der Waals surface area contributed by atoms with Gasteiger partial charge in [0, 0.05) is 6.42 Å². The van der Waals surface area contributed by atoms with Crippen molar-refractivity contribution in [2.24, 2.45) is 5.41 Å². The van der Waals surface area contributed by atoms with E-state index in [1.807, 2.05) is 6.92 Å². The number of ether oxygens (including phenoxy) is 1. The molecule has 19 heavy (non-hydrogen) atoms. The normalized spacial score (nSPS) is 13.6. The predicted molar refractivity (Wildman–Crippen MR) is 67.6 cm³/mol. The minimum atomic E-state index is -1.53. The third-order valence-corrected chi connectivity index (χ3v) is 3.07. The van der Waals surface area contributed by atoms with Gasteiger partial charge in [0.1, 0.15) is 12.0 Å². The highest BCUT2D eigenvalue weighted by Crippen LogP contribution is 2.33. The summed E-state index contributed by atoms with van der Waals surface area (Å²) in [5.41, 5.74) is -1.53. The highest BCUT2D eigenvalue weighted by molar-refractivity contribution is 6.04. The predicted octanol–water partition coefficient (Wildman–Crippen LogP) is 1.15. The van der Waals surface area contributed by atoms with E-state index in [9.17, 15) is 14.4 Å². The number of carbonyl (C=O) groups is 3. The van der Waals surface area contributed by atoms with E-state index in [0.717, 1.165) is 6.42 Å². The molecule has 0 saturated heterocycles. The van der Waals surface area contributed by atoms with E-state index in [1.54, 1.807) is 6.92 Å². The Kier molecular flexibility index (Phi) is 7.98. The highest BCUT2D eigenvalue weighted by atomic mass is 16.5. The van der Waals surface area contributed by atoms with Gasteiger partial charge in [0.2, 0.25) is 0 Å². The van der Waals surface area contributed by atoms with E-state index in [4.69, 9.17) is 14.9 Å². The van der Waals surface area contributed by atoms with Gasteiger partial charge in [-0.15, -0.1) is 0 Å². The number of rotatable bonds is 10. The number of esters is 1. The molecule has 0 spiro atoms. The molecular weight excluding hydrogens is 252 g/mol. The number of ketones is 1. The van der Waals surface area contributed by atoms with Crippen LogP contribution in [0.2, 0.25) is 0 Å². The Bertz CT molecular complexity index is 325. The number of carbonyl (C=O) groups excluding carboxylic acids is 2. The Balaban J connectivity index is 5.23. The molecule has 0 saturated carbocycles. The summed E-state index contributed by atoms with van der Waals surface area (Å²) in [7, 11) is 0. The number of aliphatic hydroxyl groups is 1. The fourth-order valence-corrected chi connectivity index (χ4v) is 1.94. The van der Waals surface area contributed by atoms with Crippen LogP contribution < -0.4 is 0 Å². The van der Waals surface area contributed by atoms with Crippen molar-refractivity contribution in [2.75, 3.05) is 13.2 Å². The summed E-state index contributed by atoms with van der Waals surface area (Å²) < 4.78 is 4.90. The zero-order chi connectivity index (χ0) is 14.9. The number of unbranched alkanes of at least 4 members (excludes halogenated alkanes) is 1. The molecule has 6 nitrogen and oxygen atoms in total. The molecule has 110 valence electrons. The Morgan fingerprint density at radius 2 is 1.79 bits per heavy atom. The van der Waals surface area contributed by atoms with E-state index in [-0.39, 0.29) is 25.9 Å². The second-order valence-corrected chi connectivity index (χ2v) is 4.38. The van der Waals surface area contributed by atoms with Gasteiger partial charge >= 0.3 is 11.9 Å². The molecule has 0 radical (unpaired) electrons. The molecule has 0 amide bonds. The van der Waals surface area contributed by atoms with Crippen LogP contribution in [-0.4, -0.2) is 41.1 Å². The first-order valence-corrected chi connectivity index (χ1v) is 6.47. The van der Waals surface area contributed by atoms with E-state index < -0.39 is 29.7 Å². The van der Waals surface area contributed by atoms with Crippen LogP contribution in [0.1, 0.15) is 46.0 Å². The van der Waals surface area contributed by atoms with Crippen molar-refractivity contribution in [3.8, 4) is 0 Å². The number of Topliss-reactive ketones (excluding diaryl/α,β-unsaturated/α-hetero) is 1. The topological polar surface area (TPSA) is 101 Å². The fraction of sp³-hybridized carbons (Fsp3) is 0.769. The van der Waals surface area contributed by atoms with Gasteiger partial charge in [-0.3, -0.25) is 14.4 Å². The molecule has 0 fully saturated rings. The summed E-state index contributed by atoms with van der Waals surface area (Å²) >= 11 is 0. The number of aliphatic hydroxyl groups excluding tert-OH is 1. The maximum atomic E-state index is 12.0. The van der Waals surface area contributed by atoms with E-state index >= 15 is 0 Å². The number of carboxylic acids is 1. The first kappa shape index (κ1) is 17.6. The average Bonchev–Trinajstić information content (AvgIpc) is 2.38. The molecule has 0 aromatic heterocycles. The molecule has 0 aromatic rings. The standard InChI is InChI=1S/C13H22O6/c1-3-5-7-13(10(15)9-14,8-6-11(16)17)12(18)19-4-2/h14H,3-9H2,1-2H3,(H,16,17). The summed E-state index contributed by atoms with van der Waals surface area (Å²) in [6.07, 6.45) is 1.10. The minimum Gasteiger partial charge on any atom is -0.481 e. The van der Waals surface area contributed by atoms with Crippen LogP contribution in [0.4, 0.5) is 0 Å². The number of hydrogen-bond acceptors (Lipinski definition) is 5. The van der Waals surface area contributed by atoms with Crippen LogP contribution in [0.15, 0.2) is 0 Å². The first-order valence-electron chi connectivity index (χ1n) is 6.47. The number of carboxylic acid groups (broad SMARTS) is 1. The molecule has 0 heterocycles. The van der Waals surface area contributed by atoms with Gasteiger partial charge in [-0.1, -0.05) is 19.8 Å². The maximum absolute atomic E-state index is 12.0. The molecule has 0 aliphatic heterocycles. The fourth-order valence-electron chi connectivity index (χ4n) is 1.94. The van der Waals surface area contributed by atoms with Crippen molar-refractivity contribution in [1.82, 2.24) is 0 Å². The molecule has 1 atom stereocenters. The van der Waals surface area contributed by atoms with Gasteiger partial charge in [0.05, 0.1) is 6.61 Å². The number of hydrogen-bond donors (Lipinski definition) is 2. The second kappa shape index (κ2) is 8.63. The third kappa shape index (κ3) is 4.98. The van der Waals surface area contributed by atoms with E-state index in [1.165, 1.54) is 0 Å². The van der Waals surface area contributed by atoms with Crippen molar-refractivity contribution in [1.29, 1.82) is 0 Å². The lowest BCUT2D eigenvalue weighted by Crippen LogP contribution is -2.43. The van der Waals surface area contributed by atoms with Gasteiger partial charge in [0.15, 0.2) is 5.78 Å². The molecule has 2 N–H and O–H groups in total. The zero-order valence-corrected chi connectivity index (χ0v) is 11.5. The van der Waals surface area contributed by atoms with Gasteiger partial charge in [-0.05, 0) is 19.8 Å². The van der Waals surface area contributed by atoms with Crippen molar-refractivity contribution >= 4 is 17.7 Å². The van der Waals surface area contributed by atoms with Crippen LogP contribution in [0.3, 0.4) is 0 Å². The molecule has 0 rings (SSSR count). The van der Waals surface area contributed by atoms with Gasteiger partial charge in [-0.2, -0.15) is 0 Å². The van der Waals surface area contributed by atoms with Crippen LogP contribution in [0.5, 0.6) is 0 Å².